The van der Waals surface area contributed by atoms with Crippen LogP contribution in [0.3, 0.4) is 0 Å². The van der Waals surface area contributed by atoms with Gasteiger partial charge in [0.05, 0.1) is 15.5 Å². The van der Waals surface area contributed by atoms with Crippen LogP contribution in [0, 0.1) is 20.8 Å². The molecule has 8 heteroatoms. The van der Waals surface area contributed by atoms with Crippen LogP contribution in [0.4, 0.5) is 5.69 Å². The molecule has 0 radical (unpaired) electrons. The lowest BCUT2D eigenvalue weighted by Crippen LogP contribution is -2.28. The van der Waals surface area contributed by atoms with Crippen LogP contribution in [-0.2, 0) is 20.0 Å². The van der Waals surface area contributed by atoms with E-state index in [1.807, 2.05) is 6.92 Å². The fourth-order valence-corrected chi connectivity index (χ4v) is 5.25. The lowest BCUT2D eigenvalue weighted by atomic mass is 10.1. The first-order valence-corrected chi connectivity index (χ1v) is 11.1. The van der Waals surface area contributed by atoms with E-state index < -0.39 is 20.0 Å². The highest BCUT2D eigenvalue weighted by Crippen LogP contribution is 2.30. The molecule has 0 aliphatic carbocycles. The van der Waals surface area contributed by atoms with Crippen LogP contribution in [-0.4, -0.2) is 30.4 Å². The van der Waals surface area contributed by atoms with Crippen LogP contribution in [0.15, 0.2) is 46.2 Å². The minimum absolute atomic E-state index is 0.0749. The van der Waals surface area contributed by atoms with Crippen molar-refractivity contribution in [2.75, 3.05) is 17.9 Å². The summed E-state index contributed by atoms with van der Waals surface area (Å²) >= 11 is 0. The zero-order valence-electron chi connectivity index (χ0n) is 15.6. The van der Waals surface area contributed by atoms with Gasteiger partial charge in [-0.05, 0) is 50.1 Å². The Hall–Kier alpha value is -1.90. The molecule has 0 heterocycles. The molecule has 2 rings (SSSR count). The molecule has 26 heavy (non-hydrogen) atoms. The third kappa shape index (κ3) is 3.92. The van der Waals surface area contributed by atoms with Gasteiger partial charge < -0.3 is 0 Å². The first kappa shape index (κ1) is 20.4. The molecule has 0 bridgehead atoms. The number of nitrogens with zero attached hydrogens (tertiary/aromatic N) is 1. The summed E-state index contributed by atoms with van der Waals surface area (Å²) in [7, 11) is -6.07. The molecule has 142 valence electrons. The Morgan fingerprint density at radius 1 is 0.923 bits per heavy atom. The molecule has 0 unspecified atom stereocenters. The normalized spacial score (nSPS) is 12.2. The summed E-state index contributed by atoms with van der Waals surface area (Å²) < 4.78 is 54.3. The molecule has 0 spiro atoms. The minimum Gasteiger partial charge on any atom is -0.269 e. The van der Waals surface area contributed by atoms with Crippen LogP contribution in [0.1, 0.15) is 23.6 Å². The van der Waals surface area contributed by atoms with Crippen molar-refractivity contribution >= 4 is 25.7 Å². The number of nitrogens with one attached hydrogen (secondary N) is 1. The van der Waals surface area contributed by atoms with Crippen LogP contribution >= 0.6 is 0 Å². The summed E-state index contributed by atoms with van der Waals surface area (Å²) in [6.07, 6.45) is 0. The molecule has 0 amide bonds. The molecule has 0 atom stereocenters. The summed E-state index contributed by atoms with van der Waals surface area (Å²) in [6, 6.07) is 9.63. The van der Waals surface area contributed by atoms with Crippen molar-refractivity contribution in [3.63, 3.8) is 0 Å². The predicted molar refractivity (Wildman–Crippen MR) is 104 cm³/mol. The molecule has 6 nitrogen and oxygen atoms in total. The van der Waals surface area contributed by atoms with Crippen LogP contribution in [0.5, 0.6) is 0 Å². The average molecular weight is 397 g/mol. The number of anilines is 1. The van der Waals surface area contributed by atoms with Gasteiger partial charge in [0.25, 0.3) is 10.0 Å². The molecule has 0 aliphatic heterocycles. The van der Waals surface area contributed by atoms with E-state index in [0.717, 1.165) is 9.87 Å². The minimum atomic E-state index is -3.80. The van der Waals surface area contributed by atoms with Crippen molar-refractivity contribution in [2.45, 2.75) is 37.5 Å². The Labute approximate surface area is 156 Å². The first-order chi connectivity index (χ1) is 12.0. The van der Waals surface area contributed by atoms with Gasteiger partial charge in [0.1, 0.15) is 0 Å². The highest BCUT2D eigenvalue weighted by atomic mass is 32.2. The van der Waals surface area contributed by atoms with Crippen molar-refractivity contribution in [3.05, 3.63) is 53.1 Å². The smallest absolute Gasteiger partial charge is 0.264 e. The second-order valence-corrected chi connectivity index (χ2v) is 9.90. The molecule has 0 saturated carbocycles. The van der Waals surface area contributed by atoms with Gasteiger partial charge >= 0.3 is 0 Å². The monoisotopic (exact) mass is 396 g/mol. The van der Waals surface area contributed by atoms with Gasteiger partial charge in [-0.3, -0.25) is 4.31 Å². The van der Waals surface area contributed by atoms with Gasteiger partial charge in [-0.1, -0.05) is 30.7 Å². The van der Waals surface area contributed by atoms with Crippen LogP contribution in [0.2, 0.25) is 0 Å². The number of rotatable bonds is 6. The van der Waals surface area contributed by atoms with Gasteiger partial charge in [0.2, 0.25) is 10.0 Å². The Balaban J connectivity index is 2.59. The summed E-state index contributed by atoms with van der Waals surface area (Å²) in [6.45, 7) is 7.27. The number of sulfonamides is 2. The summed E-state index contributed by atoms with van der Waals surface area (Å²) in [4.78, 5) is 0.229. The topological polar surface area (TPSA) is 83.6 Å². The zero-order chi connectivity index (χ0) is 19.7. The van der Waals surface area contributed by atoms with E-state index >= 15 is 0 Å². The third-order valence-corrected chi connectivity index (χ3v) is 7.61. The van der Waals surface area contributed by atoms with Crippen molar-refractivity contribution in [1.29, 1.82) is 0 Å². The van der Waals surface area contributed by atoms with Crippen molar-refractivity contribution < 1.29 is 16.8 Å². The van der Waals surface area contributed by atoms with Gasteiger partial charge in [0, 0.05) is 13.6 Å². The molecule has 1 N–H and O–H groups in total. The first-order valence-electron chi connectivity index (χ1n) is 8.17. The fourth-order valence-electron chi connectivity index (χ4n) is 2.72. The molecule has 0 fully saturated rings. The maximum Gasteiger partial charge on any atom is 0.264 e. The maximum atomic E-state index is 12.9. The van der Waals surface area contributed by atoms with Gasteiger partial charge in [-0.2, -0.15) is 0 Å². The van der Waals surface area contributed by atoms with E-state index in [0.29, 0.717) is 16.8 Å². The molecular formula is C18H24N2O4S2. The molecule has 0 aromatic heterocycles. The molecule has 0 aliphatic rings. The zero-order valence-corrected chi connectivity index (χ0v) is 17.2. The number of hydrogen-bond donors (Lipinski definition) is 1. The van der Waals surface area contributed by atoms with Crippen LogP contribution < -0.4 is 9.03 Å². The van der Waals surface area contributed by atoms with E-state index in [1.54, 1.807) is 51.1 Å². The maximum absolute atomic E-state index is 12.9. The van der Waals surface area contributed by atoms with Crippen LogP contribution in [0.25, 0.3) is 0 Å². The largest absolute Gasteiger partial charge is 0.269 e. The van der Waals surface area contributed by atoms with E-state index in [9.17, 15) is 16.8 Å². The van der Waals surface area contributed by atoms with Gasteiger partial charge in [0.15, 0.2) is 0 Å². The van der Waals surface area contributed by atoms with E-state index in [1.165, 1.54) is 13.1 Å². The van der Waals surface area contributed by atoms with E-state index in [4.69, 9.17) is 0 Å². The van der Waals surface area contributed by atoms with Crippen molar-refractivity contribution in [3.8, 4) is 0 Å². The molecule has 2 aromatic carbocycles. The van der Waals surface area contributed by atoms with Gasteiger partial charge in [-0.15, -0.1) is 0 Å². The van der Waals surface area contributed by atoms with E-state index in [-0.39, 0.29) is 16.3 Å². The highest BCUT2D eigenvalue weighted by molar-refractivity contribution is 7.92. The lowest BCUT2D eigenvalue weighted by molar-refractivity contribution is 0.582. The van der Waals surface area contributed by atoms with E-state index in [2.05, 4.69) is 4.72 Å². The summed E-state index contributed by atoms with van der Waals surface area (Å²) in [5.74, 6) is 0. The third-order valence-electron chi connectivity index (χ3n) is 4.14. The standard InChI is InChI=1S/C18H24N2O4S2/c1-6-19-25(21,22)18-12-17(14(3)11-15(18)4)20(5)26(23,24)16-9-7-13(2)8-10-16/h7-12,19H,6H2,1-5H3. The van der Waals surface area contributed by atoms with Crippen molar-refractivity contribution in [2.24, 2.45) is 0 Å². The predicted octanol–water partition coefficient (Wildman–Crippen LogP) is 2.74. The Kier molecular flexibility index (Phi) is 5.79. The summed E-state index contributed by atoms with van der Waals surface area (Å²) in [5, 5.41) is 0. The highest BCUT2D eigenvalue weighted by Gasteiger charge is 2.25. The number of aryl methyl sites for hydroxylation is 3. The quantitative estimate of drug-likeness (QED) is 0.814. The average Bonchev–Trinajstić information content (AvgIpc) is 2.54. The number of benzene rings is 2. The Bertz CT molecular complexity index is 1010. The fraction of sp³-hybridized carbons (Fsp3) is 0.333. The summed E-state index contributed by atoms with van der Waals surface area (Å²) in [5.41, 5.74) is 2.52. The Morgan fingerprint density at radius 3 is 2.04 bits per heavy atom. The molecular weight excluding hydrogens is 372 g/mol. The molecule has 0 saturated heterocycles. The lowest BCUT2D eigenvalue weighted by Gasteiger charge is -2.23. The van der Waals surface area contributed by atoms with Crippen molar-refractivity contribution in [1.82, 2.24) is 4.72 Å². The molecule has 2 aromatic rings. The second-order valence-electron chi connectivity index (χ2n) is 6.19. The number of hydrogen-bond acceptors (Lipinski definition) is 4. The SMILES string of the molecule is CCNS(=O)(=O)c1cc(N(C)S(=O)(=O)c2ccc(C)cc2)c(C)cc1C. The second kappa shape index (κ2) is 7.38. The van der Waals surface area contributed by atoms with Gasteiger partial charge in [-0.25, -0.2) is 21.6 Å². The Morgan fingerprint density at radius 2 is 1.50 bits per heavy atom.